The number of aromatic nitrogens is 3. The van der Waals surface area contributed by atoms with Gasteiger partial charge in [-0.05, 0) is 58.7 Å². The molecular weight excluding hydrogens is 709 g/mol. The summed E-state index contributed by atoms with van der Waals surface area (Å²) in [5, 5.41) is 2.03. The molecule has 0 spiro atoms. The van der Waals surface area contributed by atoms with Crippen LogP contribution in [0.3, 0.4) is 0 Å². The van der Waals surface area contributed by atoms with Crippen LogP contribution >= 0.6 is 0 Å². The Balaban J connectivity index is 1.16. The molecule has 0 saturated heterocycles. The molecule has 6 heteroatoms. The second kappa shape index (κ2) is 13.5. The molecule has 0 amide bonds. The van der Waals surface area contributed by atoms with E-state index in [0.29, 0.717) is 34.3 Å². The number of halogens is 2. The molecule has 1 unspecified atom stereocenters. The number of rotatable bonds is 7. The molecule has 10 rings (SSSR count). The van der Waals surface area contributed by atoms with Gasteiger partial charge >= 0.3 is 0 Å². The van der Waals surface area contributed by atoms with Crippen LogP contribution in [-0.2, 0) is 11.0 Å². The molecule has 1 aliphatic carbocycles. The van der Waals surface area contributed by atoms with Crippen molar-refractivity contribution in [3.05, 3.63) is 197 Å². The second-order valence-corrected chi connectivity index (χ2v) is 14.8. The summed E-state index contributed by atoms with van der Waals surface area (Å²) >= 11 is 0. The van der Waals surface area contributed by atoms with Crippen LogP contribution in [0.4, 0.5) is 8.78 Å². The van der Waals surface area contributed by atoms with E-state index in [1.807, 2.05) is 97.1 Å². The highest BCUT2D eigenvalue weighted by Gasteiger charge is 2.47. The second-order valence-electron chi connectivity index (χ2n) is 14.8. The zero-order chi connectivity index (χ0) is 38.7. The lowest BCUT2D eigenvalue weighted by molar-refractivity contribution is 0.162. The summed E-state index contributed by atoms with van der Waals surface area (Å²) in [6.45, 7) is 4.51. The van der Waals surface area contributed by atoms with E-state index in [9.17, 15) is 0 Å². The lowest BCUT2D eigenvalue weighted by Crippen LogP contribution is -2.35. The van der Waals surface area contributed by atoms with Gasteiger partial charge in [0.15, 0.2) is 23.1 Å². The Morgan fingerprint density at radius 3 is 1.67 bits per heavy atom. The highest BCUT2D eigenvalue weighted by Crippen LogP contribution is 2.60. The fourth-order valence-electron chi connectivity index (χ4n) is 9.16. The Bertz CT molecular complexity index is 2790. The van der Waals surface area contributed by atoms with Crippen molar-refractivity contribution in [2.45, 2.75) is 37.7 Å². The van der Waals surface area contributed by atoms with E-state index >= 15 is 8.78 Å². The molecule has 0 bridgehead atoms. The van der Waals surface area contributed by atoms with Gasteiger partial charge in [-0.15, -0.1) is 0 Å². The van der Waals surface area contributed by atoms with Crippen LogP contribution < -0.4 is 4.74 Å². The maximum absolute atomic E-state index is 15.2. The molecule has 7 aromatic carbocycles. The van der Waals surface area contributed by atoms with Gasteiger partial charge in [0.25, 0.3) is 0 Å². The van der Waals surface area contributed by atoms with Crippen LogP contribution in [0.25, 0.3) is 62.1 Å². The Hall–Kier alpha value is -6.79. The third kappa shape index (κ3) is 5.42. The van der Waals surface area contributed by atoms with Gasteiger partial charge < -0.3 is 4.74 Å². The number of fused-ring (bicyclic) bond motifs is 8. The molecule has 2 aliphatic rings. The van der Waals surface area contributed by atoms with Gasteiger partial charge in [-0.2, -0.15) is 0 Å². The number of ether oxygens (including phenoxy) is 1. The smallest absolute Gasteiger partial charge is 0.178 e. The summed E-state index contributed by atoms with van der Waals surface area (Å²) in [5.41, 5.74) is 7.97. The maximum Gasteiger partial charge on any atom is 0.178 e. The van der Waals surface area contributed by atoms with Crippen LogP contribution in [0.2, 0.25) is 0 Å². The van der Waals surface area contributed by atoms with Gasteiger partial charge in [-0.25, -0.2) is 23.7 Å². The van der Waals surface area contributed by atoms with Crippen molar-refractivity contribution in [1.82, 2.24) is 15.0 Å². The van der Waals surface area contributed by atoms with Gasteiger partial charge in [-0.3, -0.25) is 0 Å². The molecule has 0 radical (unpaired) electrons. The lowest BCUT2D eigenvalue weighted by Gasteiger charge is -2.39. The van der Waals surface area contributed by atoms with E-state index in [2.05, 4.69) is 62.4 Å². The summed E-state index contributed by atoms with van der Waals surface area (Å²) < 4.78 is 37.8. The quantitative estimate of drug-likeness (QED) is 0.163. The van der Waals surface area contributed by atoms with E-state index in [0.717, 1.165) is 51.9 Å². The van der Waals surface area contributed by atoms with Gasteiger partial charge in [0.1, 0.15) is 17.4 Å². The SMILES string of the molecule is CCC1(CC)c2ccccc2-c2c1c1c(c3ccccc23)OC(c2ccc(-c3nc(-c4ccccc4)nc(-c4ccccc4)n3)cc2)(c2cc(F)cc(F)c2)C=C1. The number of hydrogen-bond donors (Lipinski definition) is 0. The molecule has 1 aromatic heterocycles. The van der Waals surface area contributed by atoms with Crippen molar-refractivity contribution >= 4 is 16.8 Å². The standard InChI is InChI=1S/C51H37F2N3O/c1-3-50(4-2)43-22-14-13-21-41(43)44-39-19-11-12-20-40(39)46-42(45(44)50)27-28-51(57-46,36-29-37(52)31-38(53)30-36)35-25-23-34(24-26-35)49-55-47(32-15-7-5-8-16-32)54-48(56-49)33-17-9-6-10-18-33/h5-31H,3-4H2,1-2H3. The fraction of sp³-hybridized carbons (Fsp3) is 0.118. The molecule has 8 aromatic rings. The van der Waals surface area contributed by atoms with E-state index in [1.165, 1.54) is 34.4 Å². The van der Waals surface area contributed by atoms with E-state index < -0.39 is 17.2 Å². The van der Waals surface area contributed by atoms with E-state index in [-0.39, 0.29) is 5.41 Å². The number of benzene rings is 7. The molecule has 57 heavy (non-hydrogen) atoms. The number of hydrogen-bond acceptors (Lipinski definition) is 4. The van der Waals surface area contributed by atoms with Gasteiger partial charge in [0.2, 0.25) is 0 Å². The fourth-order valence-corrected chi connectivity index (χ4v) is 9.16. The van der Waals surface area contributed by atoms with Crippen LogP contribution in [0.15, 0.2) is 158 Å². The average molecular weight is 746 g/mol. The van der Waals surface area contributed by atoms with Crippen molar-refractivity contribution in [2.75, 3.05) is 0 Å². The first-order valence-electron chi connectivity index (χ1n) is 19.4. The molecule has 0 saturated carbocycles. The highest BCUT2D eigenvalue weighted by atomic mass is 19.1. The van der Waals surface area contributed by atoms with Crippen LogP contribution in [0, 0.1) is 11.6 Å². The molecule has 0 fully saturated rings. The zero-order valence-electron chi connectivity index (χ0n) is 31.5. The molecule has 1 aliphatic heterocycles. The zero-order valence-corrected chi connectivity index (χ0v) is 31.5. The number of nitrogens with zero attached hydrogens (tertiary/aromatic N) is 3. The third-order valence-electron chi connectivity index (χ3n) is 11.9. The topological polar surface area (TPSA) is 47.9 Å². The minimum Gasteiger partial charge on any atom is -0.472 e. The first kappa shape index (κ1) is 34.7. The molecular formula is C51H37F2N3O. The monoisotopic (exact) mass is 745 g/mol. The van der Waals surface area contributed by atoms with E-state index in [1.54, 1.807) is 0 Å². The summed E-state index contributed by atoms with van der Waals surface area (Å²) in [7, 11) is 0. The normalized spacial score (nSPS) is 16.1. The molecule has 2 heterocycles. The highest BCUT2D eigenvalue weighted by molar-refractivity contribution is 6.08. The Labute approximate surface area is 330 Å². The van der Waals surface area contributed by atoms with Crippen LogP contribution in [0.1, 0.15) is 54.5 Å². The summed E-state index contributed by atoms with van der Waals surface area (Å²) in [6, 6.07) is 48.1. The molecule has 1 atom stereocenters. The largest absolute Gasteiger partial charge is 0.472 e. The van der Waals surface area contributed by atoms with Crippen molar-refractivity contribution in [2.24, 2.45) is 0 Å². The summed E-state index contributed by atoms with van der Waals surface area (Å²) in [5.74, 6) is 0.950. The first-order chi connectivity index (χ1) is 27.9. The summed E-state index contributed by atoms with van der Waals surface area (Å²) in [4.78, 5) is 14.7. The molecule has 4 nitrogen and oxygen atoms in total. The van der Waals surface area contributed by atoms with Crippen molar-refractivity contribution in [3.8, 4) is 51.0 Å². The first-order valence-corrected chi connectivity index (χ1v) is 19.4. The average Bonchev–Trinajstić information content (AvgIpc) is 3.57. The van der Waals surface area contributed by atoms with Crippen LogP contribution in [-0.4, -0.2) is 15.0 Å². The van der Waals surface area contributed by atoms with Crippen molar-refractivity contribution < 1.29 is 13.5 Å². The Kier molecular flexibility index (Phi) is 8.18. The third-order valence-corrected chi connectivity index (χ3v) is 11.9. The Morgan fingerprint density at radius 1 is 0.544 bits per heavy atom. The maximum atomic E-state index is 15.2. The summed E-state index contributed by atoms with van der Waals surface area (Å²) in [6.07, 6.45) is 5.90. The predicted molar refractivity (Wildman–Crippen MR) is 224 cm³/mol. The Morgan fingerprint density at radius 2 is 1.07 bits per heavy atom. The van der Waals surface area contributed by atoms with Crippen molar-refractivity contribution in [1.29, 1.82) is 0 Å². The van der Waals surface area contributed by atoms with Crippen molar-refractivity contribution in [3.63, 3.8) is 0 Å². The lowest BCUT2D eigenvalue weighted by atomic mass is 9.71. The minimum absolute atomic E-state index is 0.234. The van der Waals surface area contributed by atoms with Gasteiger partial charge in [0.05, 0.1) is 0 Å². The predicted octanol–water partition coefficient (Wildman–Crippen LogP) is 12.7. The van der Waals surface area contributed by atoms with Crippen LogP contribution in [0.5, 0.6) is 5.75 Å². The van der Waals surface area contributed by atoms with E-state index in [4.69, 9.17) is 19.7 Å². The minimum atomic E-state index is -1.37. The molecule has 276 valence electrons. The van der Waals surface area contributed by atoms with Gasteiger partial charge in [-0.1, -0.05) is 153 Å². The van der Waals surface area contributed by atoms with Gasteiger partial charge in [0, 0.05) is 50.2 Å². The molecule has 0 N–H and O–H groups in total.